The number of aromatic carboxylic acids is 1. The van der Waals surface area contributed by atoms with E-state index in [1.54, 1.807) is 42.5 Å². The monoisotopic (exact) mass is 647 g/mol. The Hall–Kier alpha value is -3.08. The van der Waals surface area contributed by atoms with Crippen molar-refractivity contribution < 1.29 is 28.6 Å². The number of carbonyl (C=O) groups is 2. The first-order valence-corrected chi connectivity index (χ1v) is 15.1. The molecule has 0 aliphatic carbocycles. The summed E-state index contributed by atoms with van der Waals surface area (Å²) in [6.07, 6.45) is 0.466. The minimum Gasteiger partial charge on any atom is -0.478 e. The lowest BCUT2D eigenvalue weighted by atomic mass is 9.61. The Bertz CT molecular complexity index is 1520. The van der Waals surface area contributed by atoms with Crippen LogP contribution in [0.3, 0.4) is 0 Å². The molecule has 1 saturated heterocycles. The average Bonchev–Trinajstić information content (AvgIpc) is 3.26. The van der Waals surface area contributed by atoms with Crippen LogP contribution in [0.15, 0.2) is 60.7 Å². The number of hydrogen-bond donors (Lipinski definition) is 5. The fourth-order valence-electron chi connectivity index (χ4n) is 6.34. The molecule has 0 aromatic heterocycles. The summed E-state index contributed by atoms with van der Waals surface area (Å²) in [5, 5.41) is 28.5. The van der Waals surface area contributed by atoms with Gasteiger partial charge in [-0.2, -0.15) is 0 Å². The van der Waals surface area contributed by atoms with Crippen molar-refractivity contribution in [2.45, 2.75) is 57.2 Å². The third kappa shape index (κ3) is 7.24. The number of rotatable bonds is 11. The summed E-state index contributed by atoms with van der Waals surface area (Å²) in [7, 11) is 0. The van der Waals surface area contributed by atoms with Crippen LogP contribution in [0.25, 0.3) is 0 Å². The molecule has 0 radical (unpaired) electrons. The molecule has 1 fully saturated rings. The molecule has 7 nitrogen and oxygen atoms in total. The lowest BCUT2D eigenvalue weighted by Crippen LogP contribution is -2.51. The Morgan fingerprint density at radius 3 is 2.43 bits per heavy atom. The molecule has 1 aliphatic heterocycles. The van der Waals surface area contributed by atoms with E-state index >= 15 is 8.78 Å². The number of halogens is 4. The van der Waals surface area contributed by atoms with Gasteiger partial charge in [-0.25, -0.2) is 13.6 Å². The van der Waals surface area contributed by atoms with E-state index in [2.05, 4.69) is 16.0 Å². The minimum atomic E-state index is -1.28. The minimum absolute atomic E-state index is 0.0217. The van der Waals surface area contributed by atoms with Gasteiger partial charge in [0.15, 0.2) is 0 Å². The van der Waals surface area contributed by atoms with Crippen molar-refractivity contribution >= 4 is 35.1 Å². The first kappa shape index (κ1) is 33.8. The molecule has 1 amide bonds. The molecule has 0 spiro atoms. The van der Waals surface area contributed by atoms with Crippen molar-refractivity contribution in [2.24, 2.45) is 5.41 Å². The number of carboxylic acids is 1. The second-order valence-electron chi connectivity index (χ2n) is 12.4. The molecule has 11 heteroatoms. The third-order valence-electron chi connectivity index (χ3n) is 8.07. The Morgan fingerprint density at radius 2 is 1.77 bits per heavy atom. The van der Waals surface area contributed by atoms with Gasteiger partial charge in [-0.1, -0.05) is 74.3 Å². The molecule has 1 heterocycles. The van der Waals surface area contributed by atoms with Crippen LogP contribution in [0.2, 0.25) is 10.0 Å². The van der Waals surface area contributed by atoms with Crippen LogP contribution in [0.5, 0.6) is 0 Å². The van der Waals surface area contributed by atoms with Crippen LogP contribution in [0, 0.1) is 17.0 Å². The van der Waals surface area contributed by atoms with E-state index in [1.807, 2.05) is 20.8 Å². The molecule has 44 heavy (non-hydrogen) atoms. The molecule has 236 valence electrons. The summed E-state index contributed by atoms with van der Waals surface area (Å²) in [6, 6.07) is 13.7. The summed E-state index contributed by atoms with van der Waals surface area (Å²) in [5.74, 6) is -3.85. The highest BCUT2D eigenvalue weighted by Crippen LogP contribution is 2.53. The van der Waals surface area contributed by atoms with Crippen LogP contribution in [0.4, 0.5) is 8.78 Å². The quantitative estimate of drug-likeness (QED) is 0.184. The summed E-state index contributed by atoms with van der Waals surface area (Å²) >= 11 is 12.5. The molecular formula is C33H37Cl2F2N3O4. The van der Waals surface area contributed by atoms with Crippen LogP contribution >= 0.6 is 23.2 Å². The molecule has 5 N–H and O–H groups in total. The maximum absolute atomic E-state index is 16.2. The Balaban J connectivity index is 1.95. The van der Waals surface area contributed by atoms with Crippen LogP contribution < -0.4 is 16.0 Å². The van der Waals surface area contributed by atoms with E-state index in [0.29, 0.717) is 12.0 Å². The highest BCUT2D eigenvalue weighted by molar-refractivity contribution is 6.31. The predicted molar refractivity (Wildman–Crippen MR) is 167 cm³/mol. The Morgan fingerprint density at radius 1 is 1.05 bits per heavy atom. The summed E-state index contributed by atoms with van der Waals surface area (Å²) < 4.78 is 32.2. The normalized spacial score (nSPS) is 21.8. The zero-order valence-electron chi connectivity index (χ0n) is 24.8. The predicted octanol–water partition coefficient (Wildman–Crippen LogP) is 5.67. The second kappa shape index (κ2) is 13.9. The number of nitrogens with one attached hydrogen (secondary N) is 3. The summed E-state index contributed by atoms with van der Waals surface area (Å²) in [6.45, 7) is 6.04. The molecule has 3 aromatic carbocycles. The fraction of sp³-hybridized carbons (Fsp3) is 0.394. The zero-order chi connectivity index (χ0) is 32.2. The van der Waals surface area contributed by atoms with Gasteiger partial charge < -0.3 is 26.2 Å². The highest BCUT2D eigenvalue weighted by Gasteiger charge is 2.60. The van der Waals surface area contributed by atoms with Crippen molar-refractivity contribution in [1.82, 2.24) is 16.0 Å². The molecule has 1 aliphatic rings. The molecular weight excluding hydrogens is 611 g/mol. The first-order valence-electron chi connectivity index (χ1n) is 14.4. The number of benzene rings is 3. The average molecular weight is 649 g/mol. The van der Waals surface area contributed by atoms with E-state index in [1.165, 1.54) is 18.2 Å². The highest BCUT2D eigenvalue weighted by atomic mass is 35.5. The number of carboxylic acid groups (broad SMARTS) is 1. The van der Waals surface area contributed by atoms with Crippen LogP contribution in [-0.4, -0.2) is 53.9 Å². The lowest BCUT2D eigenvalue weighted by molar-refractivity contribution is -0.123. The van der Waals surface area contributed by atoms with Gasteiger partial charge in [0.05, 0.1) is 23.2 Å². The maximum Gasteiger partial charge on any atom is 0.335 e. The topological polar surface area (TPSA) is 111 Å². The molecule has 4 atom stereocenters. The standard InChI is InChI=1S/C33H37Cl2F2N3O4/c1-32(2,3)16-26-33(23-11-10-21(34)15-25(23)36,18-38-17-19-6-4-7-20(14-19)31(43)44)27(22-8-5-9-24(35)28(22)37)29(40-26)30(42)39-12-13-41/h4-11,14-15,26-27,29,38,40-41H,12-13,16-18H2,1-3H3,(H,39,42)(H,43,44)/t26-,27-,29+,33-/m0/s1. The summed E-state index contributed by atoms with van der Waals surface area (Å²) in [5.41, 5.74) is -0.422. The Labute approximate surface area is 266 Å². The molecule has 0 bridgehead atoms. The van der Waals surface area contributed by atoms with Gasteiger partial charge in [0, 0.05) is 42.0 Å². The fourth-order valence-corrected chi connectivity index (χ4v) is 6.68. The smallest absolute Gasteiger partial charge is 0.335 e. The lowest BCUT2D eigenvalue weighted by Gasteiger charge is -2.43. The number of carbonyl (C=O) groups excluding carboxylic acids is 1. The van der Waals surface area contributed by atoms with Crippen molar-refractivity contribution in [3.8, 4) is 0 Å². The number of hydrogen-bond acceptors (Lipinski definition) is 5. The first-order chi connectivity index (χ1) is 20.8. The number of aliphatic hydroxyl groups is 1. The van der Waals surface area contributed by atoms with Gasteiger partial charge >= 0.3 is 5.97 Å². The third-order valence-corrected chi connectivity index (χ3v) is 8.60. The van der Waals surface area contributed by atoms with Crippen molar-refractivity contribution in [3.05, 3.63) is 105 Å². The molecule has 0 saturated carbocycles. The molecule has 3 aromatic rings. The largest absolute Gasteiger partial charge is 0.478 e. The van der Waals surface area contributed by atoms with E-state index in [-0.39, 0.29) is 58.4 Å². The molecule has 4 rings (SSSR count). The van der Waals surface area contributed by atoms with E-state index in [0.717, 1.165) is 0 Å². The zero-order valence-corrected chi connectivity index (χ0v) is 26.3. The van der Waals surface area contributed by atoms with Gasteiger partial charge in [0.1, 0.15) is 11.6 Å². The number of amides is 1. The van der Waals surface area contributed by atoms with Crippen LogP contribution in [0.1, 0.15) is 60.2 Å². The van der Waals surface area contributed by atoms with Gasteiger partial charge in [-0.05, 0) is 58.9 Å². The SMILES string of the molecule is CC(C)(C)C[C@@H]1N[C@@H](C(=O)NCCO)[C@H](c2cccc(Cl)c2F)[C@@]1(CNCc1cccc(C(=O)O)c1)c1ccc(Cl)cc1F. The van der Waals surface area contributed by atoms with Gasteiger partial charge in [-0.3, -0.25) is 4.79 Å². The van der Waals surface area contributed by atoms with Crippen LogP contribution in [-0.2, 0) is 16.8 Å². The van der Waals surface area contributed by atoms with E-state index in [9.17, 15) is 19.8 Å². The van der Waals surface area contributed by atoms with Gasteiger partial charge in [0.2, 0.25) is 5.91 Å². The van der Waals surface area contributed by atoms with Gasteiger partial charge in [0.25, 0.3) is 0 Å². The Kier molecular flexibility index (Phi) is 10.7. The van der Waals surface area contributed by atoms with Crippen molar-refractivity contribution in [1.29, 1.82) is 0 Å². The molecule has 0 unspecified atom stereocenters. The maximum atomic E-state index is 16.2. The van der Waals surface area contributed by atoms with Gasteiger partial charge in [-0.15, -0.1) is 0 Å². The van der Waals surface area contributed by atoms with E-state index < -0.39 is 46.9 Å². The number of aliphatic hydroxyl groups excluding tert-OH is 1. The summed E-state index contributed by atoms with van der Waals surface area (Å²) in [4.78, 5) is 25.3. The second-order valence-corrected chi connectivity index (χ2v) is 13.2. The van der Waals surface area contributed by atoms with E-state index in [4.69, 9.17) is 23.2 Å². The van der Waals surface area contributed by atoms with Crippen molar-refractivity contribution in [2.75, 3.05) is 19.7 Å². The van der Waals surface area contributed by atoms with Crippen molar-refractivity contribution in [3.63, 3.8) is 0 Å².